The molecule has 1 aromatic carbocycles. The molecule has 1 aromatic rings. The van der Waals surface area contributed by atoms with Crippen LogP contribution >= 0.6 is 11.6 Å². The van der Waals surface area contributed by atoms with Crippen LogP contribution in [-0.2, 0) is 10.0 Å². The fourth-order valence-corrected chi connectivity index (χ4v) is 3.04. The molecule has 0 radical (unpaired) electrons. The summed E-state index contributed by atoms with van der Waals surface area (Å²) < 4.78 is 26.7. The van der Waals surface area contributed by atoms with Crippen LogP contribution in [0.5, 0.6) is 0 Å². The molecule has 0 aliphatic rings. The highest BCUT2D eigenvalue weighted by Crippen LogP contribution is 2.22. The van der Waals surface area contributed by atoms with Crippen LogP contribution in [0.1, 0.15) is 19.4 Å². The van der Waals surface area contributed by atoms with Crippen LogP contribution in [0.3, 0.4) is 0 Å². The van der Waals surface area contributed by atoms with Gasteiger partial charge in [0.05, 0.1) is 16.7 Å². The molecule has 0 unspecified atom stereocenters. The van der Waals surface area contributed by atoms with Gasteiger partial charge in [-0.3, -0.25) is 0 Å². The van der Waals surface area contributed by atoms with Gasteiger partial charge in [-0.05, 0) is 39.1 Å². The number of hydrogen-bond donors (Lipinski definition) is 1. The third-order valence-corrected chi connectivity index (χ3v) is 4.93. The summed E-state index contributed by atoms with van der Waals surface area (Å²) in [5, 5.41) is 8.78. The second-order valence-electron chi connectivity index (χ2n) is 4.73. The predicted molar refractivity (Wildman–Crippen MR) is 79.1 cm³/mol. The van der Waals surface area contributed by atoms with Gasteiger partial charge in [0, 0.05) is 19.1 Å². The summed E-state index contributed by atoms with van der Waals surface area (Å²) in [5.41, 5.74) is 0.327. The molecule has 0 atom stereocenters. The lowest BCUT2D eigenvalue weighted by Gasteiger charge is -2.20. The van der Waals surface area contributed by atoms with Crippen LogP contribution < -0.4 is 4.72 Å². The molecular weight excluding hydrogens is 298 g/mol. The van der Waals surface area contributed by atoms with Crippen LogP contribution in [0.25, 0.3) is 0 Å². The predicted octanol–water partition coefficient (Wildman–Crippen LogP) is 1.83. The smallest absolute Gasteiger partial charge is 0.242 e. The van der Waals surface area contributed by atoms with E-state index in [4.69, 9.17) is 16.9 Å². The summed E-state index contributed by atoms with van der Waals surface area (Å²) in [6, 6.07) is 6.37. The molecule has 20 heavy (non-hydrogen) atoms. The molecule has 0 saturated carbocycles. The average molecular weight is 316 g/mol. The van der Waals surface area contributed by atoms with Gasteiger partial charge in [0.25, 0.3) is 0 Å². The molecule has 0 bridgehead atoms. The molecule has 7 heteroatoms. The molecule has 0 aliphatic carbocycles. The zero-order valence-electron chi connectivity index (χ0n) is 11.7. The minimum Gasteiger partial charge on any atom is -0.303 e. The largest absolute Gasteiger partial charge is 0.303 e. The van der Waals surface area contributed by atoms with Crippen molar-refractivity contribution in [3.8, 4) is 6.07 Å². The average Bonchev–Trinajstić information content (AvgIpc) is 2.37. The maximum Gasteiger partial charge on any atom is 0.242 e. The second kappa shape index (κ2) is 7.04. The lowest BCUT2D eigenvalue weighted by atomic mass is 10.2. The van der Waals surface area contributed by atoms with Crippen LogP contribution in [0, 0.1) is 11.3 Å². The molecule has 5 nitrogen and oxygen atoms in total. The van der Waals surface area contributed by atoms with Gasteiger partial charge < -0.3 is 4.90 Å². The second-order valence-corrected chi connectivity index (χ2v) is 6.87. The lowest BCUT2D eigenvalue weighted by Crippen LogP contribution is -2.36. The molecule has 0 heterocycles. The third kappa shape index (κ3) is 4.46. The summed E-state index contributed by atoms with van der Waals surface area (Å²) in [6.45, 7) is 4.97. The van der Waals surface area contributed by atoms with Gasteiger partial charge in [-0.25, -0.2) is 13.1 Å². The number of nitrogens with one attached hydrogen (secondary N) is 1. The number of rotatable bonds is 6. The van der Waals surface area contributed by atoms with Gasteiger partial charge in [-0.1, -0.05) is 11.6 Å². The van der Waals surface area contributed by atoms with E-state index in [2.05, 4.69) is 4.72 Å². The van der Waals surface area contributed by atoms with Crippen molar-refractivity contribution in [2.24, 2.45) is 0 Å². The standard InChI is InChI=1S/C13H18ClN3O2S/c1-10(2)17(3)7-6-16-20(18,19)13-5-4-11(9-15)8-12(13)14/h4-5,8,10,16H,6-7H2,1-3H3. The molecule has 0 amide bonds. The maximum absolute atomic E-state index is 12.1. The Morgan fingerprint density at radius 3 is 2.60 bits per heavy atom. The Morgan fingerprint density at radius 1 is 1.45 bits per heavy atom. The van der Waals surface area contributed by atoms with Gasteiger partial charge in [-0.2, -0.15) is 5.26 Å². The van der Waals surface area contributed by atoms with Crippen molar-refractivity contribution >= 4 is 21.6 Å². The Kier molecular flexibility index (Phi) is 5.96. The fourth-order valence-electron chi connectivity index (χ4n) is 1.48. The Balaban J connectivity index is 2.77. The number of likely N-dealkylation sites (N-methyl/N-ethyl adjacent to an activating group) is 1. The number of benzene rings is 1. The number of nitrogens with zero attached hydrogens (tertiary/aromatic N) is 2. The molecule has 0 saturated heterocycles. The Morgan fingerprint density at radius 2 is 2.10 bits per heavy atom. The van der Waals surface area contributed by atoms with Gasteiger partial charge in [0.15, 0.2) is 0 Å². The van der Waals surface area contributed by atoms with E-state index in [1.54, 1.807) is 0 Å². The molecule has 0 fully saturated rings. The Hall–Kier alpha value is -1.13. The van der Waals surface area contributed by atoms with Crippen molar-refractivity contribution in [1.82, 2.24) is 9.62 Å². The molecular formula is C13H18ClN3O2S. The summed E-state index contributed by atoms with van der Waals surface area (Å²) in [5.74, 6) is 0. The Labute approximate surface area is 125 Å². The van der Waals surface area contributed by atoms with E-state index in [1.807, 2.05) is 31.9 Å². The monoisotopic (exact) mass is 315 g/mol. The molecule has 110 valence electrons. The van der Waals surface area contributed by atoms with Crippen LogP contribution in [-0.4, -0.2) is 39.5 Å². The molecule has 1 rings (SSSR count). The molecule has 0 aliphatic heterocycles. The van der Waals surface area contributed by atoms with Crippen LogP contribution in [0.15, 0.2) is 23.1 Å². The van der Waals surface area contributed by atoms with Gasteiger partial charge in [-0.15, -0.1) is 0 Å². The first kappa shape index (κ1) is 16.9. The van der Waals surface area contributed by atoms with Gasteiger partial charge in [0.1, 0.15) is 4.90 Å². The SMILES string of the molecule is CC(C)N(C)CCNS(=O)(=O)c1ccc(C#N)cc1Cl. The number of hydrogen-bond acceptors (Lipinski definition) is 4. The summed E-state index contributed by atoms with van der Waals surface area (Å²) in [7, 11) is -1.73. The van der Waals surface area contributed by atoms with E-state index in [-0.39, 0.29) is 9.92 Å². The summed E-state index contributed by atoms with van der Waals surface area (Å²) >= 11 is 5.90. The van der Waals surface area contributed by atoms with E-state index in [9.17, 15) is 8.42 Å². The van der Waals surface area contributed by atoms with Crippen molar-refractivity contribution in [3.63, 3.8) is 0 Å². The quantitative estimate of drug-likeness (QED) is 0.869. The van der Waals surface area contributed by atoms with Crippen molar-refractivity contribution < 1.29 is 8.42 Å². The normalized spacial score (nSPS) is 11.8. The number of nitriles is 1. The third-order valence-electron chi connectivity index (χ3n) is 2.99. The molecule has 0 aromatic heterocycles. The highest BCUT2D eigenvalue weighted by atomic mass is 35.5. The molecule has 1 N–H and O–H groups in total. The Bertz CT molecular complexity index is 609. The van der Waals surface area contributed by atoms with E-state index in [1.165, 1.54) is 18.2 Å². The minimum atomic E-state index is -3.66. The van der Waals surface area contributed by atoms with Crippen LogP contribution in [0.2, 0.25) is 5.02 Å². The maximum atomic E-state index is 12.1. The van der Waals surface area contributed by atoms with Crippen molar-refractivity contribution in [1.29, 1.82) is 5.26 Å². The van der Waals surface area contributed by atoms with Gasteiger partial charge in [0.2, 0.25) is 10.0 Å². The topological polar surface area (TPSA) is 73.2 Å². The fraction of sp³-hybridized carbons (Fsp3) is 0.462. The van der Waals surface area contributed by atoms with E-state index >= 15 is 0 Å². The summed E-state index contributed by atoms with van der Waals surface area (Å²) in [4.78, 5) is 2.02. The van der Waals surface area contributed by atoms with Crippen molar-refractivity contribution in [2.45, 2.75) is 24.8 Å². The lowest BCUT2D eigenvalue weighted by molar-refractivity contribution is 0.278. The van der Waals surface area contributed by atoms with E-state index < -0.39 is 10.0 Å². The van der Waals surface area contributed by atoms with Crippen molar-refractivity contribution in [2.75, 3.05) is 20.1 Å². The zero-order valence-corrected chi connectivity index (χ0v) is 13.3. The van der Waals surface area contributed by atoms with Crippen LogP contribution in [0.4, 0.5) is 0 Å². The highest BCUT2D eigenvalue weighted by Gasteiger charge is 2.18. The number of halogens is 1. The number of sulfonamides is 1. The first-order valence-electron chi connectivity index (χ1n) is 6.17. The summed E-state index contributed by atoms with van der Waals surface area (Å²) in [6.07, 6.45) is 0. The first-order chi connectivity index (χ1) is 9.27. The highest BCUT2D eigenvalue weighted by molar-refractivity contribution is 7.89. The minimum absolute atomic E-state index is 0.00892. The molecule has 0 spiro atoms. The van der Waals surface area contributed by atoms with E-state index in [0.717, 1.165) is 0 Å². The first-order valence-corrected chi connectivity index (χ1v) is 8.03. The van der Waals surface area contributed by atoms with E-state index in [0.29, 0.717) is 24.7 Å². The zero-order chi connectivity index (χ0) is 15.3. The van der Waals surface area contributed by atoms with Crippen molar-refractivity contribution in [3.05, 3.63) is 28.8 Å². The van der Waals surface area contributed by atoms with Gasteiger partial charge >= 0.3 is 0 Å².